The third-order valence-corrected chi connectivity index (χ3v) is 3.65. The number of amides is 1. The molecule has 1 aliphatic rings. The number of carbonyl (C=O) groups excluding carboxylic acids is 1. The minimum absolute atomic E-state index is 0.144. The fourth-order valence-electron chi connectivity index (χ4n) is 2.27. The predicted molar refractivity (Wildman–Crippen MR) is 68.3 cm³/mol. The number of nitrogens with zero attached hydrogens (tertiary/aromatic N) is 1. The van der Waals surface area contributed by atoms with E-state index in [0.29, 0.717) is 18.5 Å². The fraction of sp³-hybridized carbons (Fsp3) is 0.429. The molecular formula is C14H17NO4. The van der Waals surface area contributed by atoms with E-state index in [1.807, 2.05) is 0 Å². The Hall–Kier alpha value is -1.88. The molecule has 0 radical (unpaired) electrons. The van der Waals surface area contributed by atoms with Gasteiger partial charge in [-0.15, -0.1) is 0 Å². The summed E-state index contributed by atoms with van der Waals surface area (Å²) >= 11 is 0. The number of hydrogen-bond donors (Lipinski definition) is 2. The number of hydrogen-bond acceptors (Lipinski definition) is 3. The lowest BCUT2D eigenvalue weighted by Gasteiger charge is -2.22. The van der Waals surface area contributed by atoms with Crippen molar-refractivity contribution in [3.05, 3.63) is 35.9 Å². The maximum Gasteiger partial charge on any atom is 0.311 e. The number of carboxylic acids is 1. The quantitative estimate of drug-likeness (QED) is 0.854. The first-order valence-electron chi connectivity index (χ1n) is 6.19. The van der Waals surface area contributed by atoms with E-state index in [-0.39, 0.29) is 6.54 Å². The van der Waals surface area contributed by atoms with Gasteiger partial charge < -0.3 is 15.1 Å². The summed E-state index contributed by atoms with van der Waals surface area (Å²) in [4.78, 5) is 24.7. The van der Waals surface area contributed by atoms with Crippen LogP contribution in [0.2, 0.25) is 0 Å². The van der Waals surface area contributed by atoms with Gasteiger partial charge in [0.15, 0.2) is 6.10 Å². The number of benzene rings is 1. The van der Waals surface area contributed by atoms with E-state index in [1.54, 1.807) is 37.3 Å². The first-order chi connectivity index (χ1) is 8.94. The normalized spacial score (nSPS) is 24.2. The Morgan fingerprint density at radius 1 is 1.32 bits per heavy atom. The van der Waals surface area contributed by atoms with Crippen molar-refractivity contribution in [3.63, 3.8) is 0 Å². The number of aliphatic hydroxyl groups excluding tert-OH is 1. The summed E-state index contributed by atoms with van der Waals surface area (Å²) in [6, 6.07) is 8.65. The van der Waals surface area contributed by atoms with Crippen LogP contribution in [0.15, 0.2) is 30.3 Å². The summed E-state index contributed by atoms with van der Waals surface area (Å²) < 4.78 is 0. The standard InChI is InChI=1S/C14H17NO4/c1-14(13(18)19)7-8-15(9-14)12(17)11(16)10-5-3-2-4-6-10/h2-6,11,16H,7-9H2,1H3,(H,18,19)/t11-,14?/m1/s1. The second-order valence-electron chi connectivity index (χ2n) is 5.19. The van der Waals surface area contributed by atoms with E-state index < -0.39 is 23.4 Å². The number of carboxylic acid groups (broad SMARTS) is 1. The van der Waals surface area contributed by atoms with Gasteiger partial charge in [0, 0.05) is 13.1 Å². The van der Waals surface area contributed by atoms with Crippen LogP contribution in [-0.2, 0) is 9.59 Å². The van der Waals surface area contributed by atoms with Crippen LogP contribution < -0.4 is 0 Å². The second kappa shape index (κ2) is 5.01. The predicted octanol–water partition coefficient (Wildman–Crippen LogP) is 1.04. The van der Waals surface area contributed by atoms with Gasteiger partial charge in [0.05, 0.1) is 5.41 Å². The molecule has 1 aromatic carbocycles. The molecule has 5 heteroatoms. The largest absolute Gasteiger partial charge is 0.481 e. The van der Waals surface area contributed by atoms with Crippen molar-refractivity contribution in [2.24, 2.45) is 5.41 Å². The van der Waals surface area contributed by atoms with Crippen LogP contribution in [0.4, 0.5) is 0 Å². The highest BCUT2D eigenvalue weighted by Gasteiger charge is 2.43. The van der Waals surface area contributed by atoms with Crippen molar-refractivity contribution in [2.45, 2.75) is 19.4 Å². The molecule has 19 heavy (non-hydrogen) atoms. The number of carbonyl (C=O) groups is 2. The zero-order valence-electron chi connectivity index (χ0n) is 10.7. The molecule has 0 aromatic heterocycles. The van der Waals surface area contributed by atoms with Crippen molar-refractivity contribution in [2.75, 3.05) is 13.1 Å². The van der Waals surface area contributed by atoms with E-state index in [1.165, 1.54) is 4.90 Å². The number of rotatable bonds is 3. The summed E-state index contributed by atoms with van der Waals surface area (Å²) in [7, 11) is 0. The lowest BCUT2D eigenvalue weighted by atomic mass is 9.90. The molecule has 1 unspecified atom stereocenters. The number of likely N-dealkylation sites (tertiary alicyclic amines) is 1. The lowest BCUT2D eigenvalue weighted by Crippen LogP contribution is -2.37. The molecule has 1 aromatic rings. The molecule has 1 saturated heterocycles. The van der Waals surface area contributed by atoms with E-state index in [9.17, 15) is 14.7 Å². The zero-order chi connectivity index (χ0) is 14.0. The molecule has 2 N–H and O–H groups in total. The van der Waals surface area contributed by atoms with Crippen LogP contribution in [0.5, 0.6) is 0 Å². The third-order valence-electron chi connectivity index (χ3n) is 3.65. The Kier molecular flexibility index (Phi) is 3.57. The van der Waals surface area contributed by atoms with Gasteiger partial charge in [-0.3, -0.25) is 9.59 Å². The van der Waals surface area contributed by atoms with E-state index in [0.717, 1.165) is 0 Å². The average molecular weight is 263 g/mol. The maximum atomic E-state index is 12.1. The van der Waals surface area contributed by atoms with Gasteiger partial charge in [0.1, 0.15) is 0 Å². The third kappa shape index (κ3) is 2.61. The Labute approximate surface area is 111 Å². The highest BCUT2D eigenvalue weighted by molar-refractivity contribution is 5.84. The molecule has 102 valence electrons. The van der Waals surface area contributed by atoms with Gasteiger partial charge in [0.2, 0.25) is 0 Å². The van der Waals surface area contributed by atoms with Gasteiger partial charge in [-0.25, -0.2) is 0 Å². The minimum Gasteiger partial charge on any atom is -0.481 e. The van der Waals surface area contributed by atoms with Crippen LogP contribution in [-0.4, -0.2) is 40.1 Å². The van der Waals surface area contributed by atoms with Crippen molar-refractivity contribution in [3.8, 4) is 0 Å². The van der Waals surface area contributed by atoms with E-state index in [4.69, 9.17) is 5.11 Å². The summed E-state index contributed by atoms with van der Waals surface area (Å²) in [5.74, 6) is -1.34. The highest BCUT2D eigenvalue weighted by atomic mass is 16.4. The molecule has 0 aliphatic carbocycles. The molecule has 0 spiro atoms. The molecular weight excluding hydrogens is 246 g/mol. The highest BCUT2D eigenvalue weighted by Crippen LogP contribution is 2.31. The van der Waals surface area contributed by atoms with Crippen molar-refractivity contribution in [1.29, 1.82) is 0 Å². The maximum absolute atomic E-state index is 12.1. The van der Waals surface area contributed by atoms with Gasteiger partial charge in [-0.2, -0.15) is 0 Å². The Morgan fingerprint density at radius 3 is 2.47 bits per heavy atom. The SMILES string of the molecule is CC1(C(=O)O)CCN(C(=O)[C@H](O)c2ccccc2)C1. The first kappa shape index (κ1) is 13.5. The molecule has 5 nitrogen and oxygen atoms in total. The topological polar surface area (TPSA) is 77.8 Å². The molecule has 1 aliphatic heterocycles. The second-order valence-corrected chi connectivity index (χ2v) is 5.19. The van der Waals surface area contributed by atoms with Gasteiger partial charge >= 0.3 is 5.97 Å². The van der Waals surface area contributed by atoms with Crippen LogP contribution in [0.1, 0.15) is 25.0 Å². The molecule has 0 saturated carbocycles. The summed E-state index contributed by atoms with van der Waals surface area (Å²) in [5, 5.41) is 19.1. The summed E-state index contributed by atoms with van der Waals surface area (Å²) in [6.45, 7) is 2.13. The molecule has 0 bridgehead atoms. The summed E-state index contributed by atoms with van der Waals surface area (Å²) in [6.07, 6.45) is -0.812. The van der Waals surface area contributed by atoms with Crippen molar-refractivity contribution < 1.29 is 19.8 Å². The molecule has 1 amide bonds. The van der Waals surface area contributed by atoms with Crippen molar-refractivity contribution in [1.82, 2.24) is 4.90 Å². The lowest BCUT2D eigenvalue weighted by molar-refractivity contribution is -0.148. The Morgan fingerprint density at radius 2 is 1.95 bits per heavy atom. The van der Waals surface area contributed by atoms with Gasteiger partial charge in [-0.05, 0) is 18.9 Å². The average Bonchev–Trinajstić information content (AvgIpc) is 2.82. The molecule has 2 rings (SSSR count). The number of aliphatic hydroxyl groups is 1. The van der Waals surface area contributed by atoms with Crippen LogP contribution in [0.25, 0.3) is 0 Å². The molecule has 1 fully saturated rings. The molecule has 2 atom stereocenters. The fourth-order valence-corrected chi connectivity index (χ4v) is 2.27. The molecule has 1 heterocycles. The van der Waals surface area contributed by atoms with Crippen molar-refractivity contribution >= 4 is 11.9 Å². The monoisotopic (exact) mass is 263 g/mol. The minimum atomic E-state index is -1.22. The smallest absolute Gasteiger partial charge is 0.311 e. The van der Waals surface area contributed by atoms with Crippen LogP contribution in [0.3, 0.4) is 0 Å². The van der Waals surface area contributed by atoms with Crippen LogP contribution in [0, 0.1) is 5.41 Å². The van der Waals surface area contributed by atoms with E-state index in [2.05, 4.69) is 0 Å². The first-order valence-corrected chi connectivity index (χ1v) is 6.19. The number of aliphatic carboxylic acids is 1. The Bertz CT molecular complexity index is 487. The Balaban J connectivity index is 2.08. The van der Waals surface area contributed by atoms with Gasteiger partial charge in [-0.1, -0.05) is 30.3 Å². The van der Waals surface area contributed by atoms with Crippen LogP contribution >= 0.6 is 0 Å². The summed E-state index contributed by atoms with van der Waals surface area (Å²) in [5.41, 5.74) is -0.386. The van der Waals surface area contributed by atoms with E-state index >= 15 is 0 Å². The van der Waals surface area contributed by atoms with Gasteiger partial charge in [0.25, 0.3) is 5.91 Å². The zero-order valence-corrected chi connectivity index (χ0v) is 10.7.